The Kier molecular flexibility index (Phi) is 6.52. The number of nitrogens with zero attached hydrogens (tertiary/aromatic N) is 2. The second kappa shape index (κ2) is 8.95. The van der Waals surface area contributed by atoms with E-state index >= 15 is 0 Å². The van der Waals surface area contributed by atoms with Crippen LogP contribution in [0.4, 0.5) is 15.8 Å². The fourth-order valence-corrected chi connectivity index (χ4v) is 3.75. The summed E-state index contributed by atoms with van der Waals surface area (Å²) in [4.78, 5) is 31.5. The molecule has 1 aliphatic rings. The van der Waals surface area contributed by atoms with Crippen molar-refractivity contribution in [1.29, 1.82) is 0 Å². The van der Waals surface area contributed by atoms with Gasteiger partial charge in [0.1, 0.15) is 17.5 Å². The maximum Gasteiger partial charge on any atom is 0.244 e. The number of carbonyl (C=O) groups excluding carboxylic acids is 2. The summed E-state index contributed by atoms with van der Waals surface area (Å²) in [6, 6.07) is 5.52. The molecule has 5 N–H and O–H groups in total. The zero-order chi connectivity index (χ0) is 22.9. The van der Waals surface area contributed by atoms with Gasteiger partial charge in [-0.05, 0) is 50.4 Å². The molecule has 0 unspecified atom stereocenters. The van der Waals surface area contributed by atoms with Crippen molar-refractivity contribution in [3.8, 4) is 0 Å². The second-order valence-electron chi connectivity index (χ2n) is 7.00. The minimum Gasteiger partial charge on any atom is -0.405 e. The number of aromatic nitrogens is 1. The summed E-state index contributed by atoms with van der Waals surface area (Å²) in [6.07, 6.45) is 2.83. The zero-order valence-electron chi connectivity index (χ0n) is 16.7. The molecule has 0 saturated carbocycles. The highest BCUT2D eigenvalue weighted by Crippen LogP contribution is 2.39. The van der Waals surface area contributed by atoms with Crippen molar-refractivity contribution in [2.75, 3.05) is 16.8 Å². The van der Waals surface area contributed by atoms with Crippen molar-refractivity contribution in [3.05, 3.63) is 69.5 Å². The number of pyridine rings is 1. The van der Waals surface area contributed by atoms with E-state index in [0.29, 0.717) is 22.5 Å². The third-order valence-electron chi connectivity index (χ3n) is 4.82. The standard InChI is InChI=1S/C21H20Cl2FN5O2/c1-10-7-16-18(20(23)27-10)13(5-6-25)19(26)11(2)21(31)29(16)9-17(30)28-12-3-4-14(22)15(24)8-12/h3-8,11H,9,25-26H2,1-2H3,(H,28,30)/b6-5-/t11-/m0/s1. The molecule has 2 aromatic rings. The highest BCUT2D eigenvalue weighted by atomic mass is 35.5. The minimum atomic E-state index is -0.754. The quantitative estimate of drug-likeness (QED) is 0.599. The van der Waals surface area contributed by atoms with Gasteiger partial charge in [-0.15, -0.1) is 0 Å². The van der Waals surface area contributed by atoms with E-state index in [9.17, 15) is 14.0 Å². The van der Waals surface area contributed by atoms with Gasteiger partial charge in [-0.1, -0.05) is 23.2 Å². The number of benzene rings is 1. The molecule has 2 heterocycles. The lowest BCUT2D eigenvalue weighted by Crippen LogP contribution is -2.41. The van der Waals surface area contributed by atoms with E-state index in [1.54, 1.807) is 26.0 Å². The van der Waals surface area contributed by atoms with E-state index in [1.165, 1.54) is 23.2 Å². The fourth-order valence-electron chi connectivity index (χ4n) is 3.30. The zero-order valence-corrected chi connectivity index (χ0v) is 18.3. The molecule has 3 rings (SSSR count). The van der Waals surface area contributed by atoms with Gasteiger partial charge in [-0.2, -0.15) is 0 Å². The van der Waals surface area contributed by atoms with Crippen molar-refractivity contribution < 1.29 is 14.0 Å². The molecule has 0 bridgehead atoms. The number of rotatable bonds is 4. The van der Waals surface area contributed by atoms with Crippen molar-refractivity contribution >= 4 is 52.0 Å². The SMILES string of the molecule is Cc1cc2c(c(Cl)n1)C(/C=C\N)=C(N)[C@H](C)C(=O)N2CC(=O)Nc1ccc(Cl)c(F)c1. The van der Waals surface area contributed by atoms with Crippen LogP contribution in [-0.4, -0.2) is 23.3 Å². The van der Waals surface area contributed by atoms with Crippen LogP contribution in [0.15, 0.2) is 42.2 Å². The van der Waals surface area contributed by atoms with Gasteiger partial charge in [0, 0.05) is 28.2 Å². The van der Waals surface area contributed by atoms with Gasteiger partial charge in [0.05, 0.1) is 16.6 Å². The maximum atomic E-state index is 13.7. The number of fused-ring (bicyclic) bond motifs is 1. The van der Waals surface area contributed by atoms with E-state index in [2.05, 4.69) is 10.3 Å². The molecule has 0 fully saturated rings. The fraction of sp³-hybridized carbons (Fsp3) is 0.190. The van der Waals surface area contributed by atoms with Gasteiger partial charge in [0.2, 0.25) is 11.8 Å². The first-order valence-corrected chi connectivity index (χ1v) is 10.0. The van der Waals surface area contributed by atoms with E-state index in [-0.39, 0.29) is 28.1 Å². The lowest BCUT2D eigenvalue weighted by atomic mass is 9.99. The van der Waals surface area contributed by atoms with Crippen LogP contribution in [0.2, 0.25) is 10.2 Å². The molecule has 0 spiro atoms. The van der Waals surface area contributed by atoms with Gasteiger partial charge >= 0.3 is 0 Å². The number of nitrogens with one attached hydrogen (secondary N) is 1. The highest BCUT2D eigenvalue weighted by Gasteiger charge is 2.34. The average molecular weight is 464 g/mol. The van der Waals surface area contributed by atoms with Crippen LogP contribution in [0.1, 0.15) is 18.2 Å². The van der Waals surface area contributed by atoms with Crippen LogP contribution < -0.4 is 21.7 Å². The van der Waals surface area contributed by atoms with Gasteiger partial charge in [-0.25, -0.2) is 9.37 Å². The van der Waals surface area contributed by atoms with Crippen LogP contribution in [0.5, 0.6) is 0 Å². The molecule has 31 heavy (non-hydrogen) atoms. The number of nitrogens with two attached hydrogens (primary N) is 2. The monoisotopic (exact) mass is 463 g/mol. The minimum absolute atomic E-state index is 0.0666. The van der Waals surface area contributed by atoms with E-state index in [4.69, 9.17) is 34.7 Å². The van der Waals surface area contributed by atoms with E-state index < -0.39 is 23.5 Å². The third kappa shape index (κ3) is 4.50. The predicted molar refractivity (Wildman–Crippen MR) is 120 cm³/mol. The van der Waals surface area contributed by atoms with Crippen molar-refractivity contribution in [2.24, 2.45) is 17.4 Å². The molecule has 1 atom stereocenters. The number of hydrogen-bond donors (Lipinski definition) is 3. The number of halogens is 3. The molecule has 1 aromatic heterocycles. The van der Waals surface area contributed by atoms with Gasteiger partial charge in [0.15, 0.2) is 0 Å². The number of amides is 2. The number of aryl methyl sites for hydroxylation is 1. The predicted octanol–water partition coefficient (Wildman–Crippen LogP) is 3.60. The van der Waals surface area contributed by atoms with Crippen LogP contribution in [-0.2, 0) is 9.59 Å². The number of hydrogen-bond acceptors (Lipinski definition) is 5. The van der Waals surface area contributed by atoms with E-state index in [0.717, 1.165) is 6.07 Å². The summed E-state index contributed by atoms with van der Waals surface area (Å²) < 4.78 is 13.7. The third-order valence-corrected chi connectivity index (χ3v) is 5.40. The lowest BCUT2D eigenvalue weighted by molar-refractivity contribution is -0.123. The number of anilines is 2. The molecule has 162 valence electrons. The van der Waals surface area contributed by atoms with Gasteiger partial charge in [-0.3, -0.25) is 9.59 Å². The summed E-state index contributed by atoms with van der Waals surface area (Å²) >= 11 is 12.1. The molecule has 0 saturated heterocycles. The van der Waals surface area contributed by atoms with Crippen molar-refractivity contribution in [3.63, 3.8) is 0 Å². The molecular weight excluding hydrogens is 444 g/mol. The Morgan fingerprint density at radius 1 is 1.35 bits per heavy atom. The smallest absolute Gasteiger partial charge is 0.244 e. The second-order valence-corrected chi connectivity index (χ2v) is 7.77. The van der Waals surface area contributed by atoms with Gasteiger partial charge in [0.25, 0.3) is 0 Å². The Balaban J connectivity index is 2.04. The Morgan fingerprint density at radius 3 is 2.71 bits per heavy atom. The van der Waals surface area contributed by atoms with Crippen LogP contribution in [0.3, 0.4) is 0 Å². The Morgan fingerprint density at radius 2 is 2.06 bits per heavy atom. The molecular formula is C21H20Cl2FN5O2. The number of allylic oxidation sites excluding steroid dienone is 2. The number of carbonyl (C=O) groups is 2. The first-order valence-electron chi connectivity index (χ1n) is 9.25. The Labute approximate surface area is 188 Å². The normalized spacial score (nSPS) is 16.5. The van der Waals surface area contributed by atoms with E-state index in [1.807, 2.05) is 0 Å². The summed E-state index contributed by atoms with van der Waals surface area (Å²) in [5.41, 5.74) is 14.1. The van der Waals surface area contributed by atoms with Crippen LogP contribution in [0, 0.1) is 18.7 Å². The maximum absolute atomic E-state index is 13.7. The summed E-state index contributed by atoms with van der Waals surface area (Å²) in [5, 5.41) is 2.62. The molecule has 0 radical (unpaired) electrons. The van der Waals surface area contributed by atoms with Crippen LogP contribution >= 0.6 is 23.2 Å². The largest absolute Gasteiger partial charge is 0.405 e. The molecule has 10 heteroatoms. The first-order chi connectivity index (χ1) is 14.6. The lowest BCUT2D eigenvalue weighted by Gasteiger charge is -2.25. The molecule has 1 aromatic carbocycles. The summed E-state index contributed by atoms with van der Waals surface area (Å²) in [7, 11) is 0. The molecule has 2 amide bonds. The summed E-state index contributed by atoms with van der Waals surface area (Å²) in [6.45, 7) is 2.99. The molecule has 1 aliphatic heterocycles. The van der Waals surface area contributed by atoms with Gasteiger partial charge < -0.3 is 21.7 Å². The van der Waals surface area contributed by atoms with Crippen molar-refractivity contribution in [2.45, 2.75) is 13.8 Å². The highest BCUT2D eigenvalue weighted by molar-refractivity contribution is 6.32. The molecule has 7 nitrogen and oxygen atoms in total. The Bertz CT molecular complexity index is 1130. The van der Waals surface area contributed by atoms with Crippen molar-refractivity contribution in [1.82, 2.24) is 4.98 Å². The summed E-state index contributed by atoms with van der Waals surface area (Å²) in [5.74, 6) is -2.38. The first kappa shape index (κ1) is 22.6. The van der Waals surface area contributed by atoms with Crippen LogP contribution in [0.25, 0.3) is 5.57 Å². The molecule has 0 aliphatic carbocycles. The average Bonchev–Trinajstić information content (AvgIpc) is 2.77. The Hall–Kier alpha value is -3.10. The topological polar surface area (TPSA) is 114 Å².